The lowest BCUT2D eigenvalue weighted by molar-refractivity contribution is -0.158. The Balaban J connectivity index is 1.49. The number of thiophene rings is 1. The first kappa shape index (κ1) is 22.2. The van der Waals surface area contributed by atoms with Crippen LogP contribution in [0.3, 0.4) is 0 Å². The highest BCUT2D eigenvalue weighted by Crippen LogP contribution is 2.23. The van der Waals surface area contributed by atoms with Crippen molar-refractivity contribution in [1.29, 1.82) is 0 Å². The van der Waals surface area contributed by atoms with E-state index in [2.05, 4.69) is 9.97 Å². The lowest BCUT2D eigenvalue weighted by Crippen LogP contribution is -2.59. The number of carbonyl (C=O) groups is 2. The maximum absolute atomic E-state index is 13.0. The van der Waals surface area contributed by atoms with Crippen molar-refractivity contribution in [3.05, 3.63) is 57.5 Å². The van der Waals surface area contributed by atoms with Crippen LogP contribution in [0, 0.1) is 0 Å². The molecule has 1 fully saturated rings. The number of nitrogens with two attached hydrogens (primary N) is 1. The van der Waals surface area contributed by atoms with Crippen molar-refractivity contribution >= 4 is 57.6 Å². The molecule has 1 unspecified atom stereocenters. The highest BCUT2D eigenvalue weighted by Gasteiger charge is 2.37. The molecule has 1 saturated heterocycles. The van der Waals surface area contributed by atoms with E-state index in [1.807, 2.05) is 47.4 Å². The minimum absolute atomic E-state index is 0.137. The van der Waals surface area contributed by atoms with Crippen LogP contribution in [0.5, 0.6) is 0 Å². The zero-order chi connectivity index (χ0) is 22.7. The van der Waals surface area contributed by atoms with Crippen LogP contribution in [0.4, 0.5) is 5.82 Å². The van der Waals surface area contributed by atoms with E-state index in [0.717, 1.165) is 20.2 Å². The van der Waals surface area contributed by atoms with E-state index in [1.165, 1.54) is 24.8 Å². The fourth-order valence-corrected chi connectivity index (χ4v) is 4.69. The normalized spacial score (nSPS) is 17.4. The topological polar surface area (TPSA) is 102 Å². The molecular formula is C22H22ClN5O3S. The number of fused-ring (bicyclic) bond motifs is 1. The third-order valence-electron chi connectivity index (χ3n) is 5.28. The van der Waals surface area contributed by atoms with Gasteiger partial charge >= 0.3 is 5.97 Å². The van der Waals surface area contributed by atoms with Crippen LogP contribution in [0.15, 0.2) is 42.7 Å². The minimum Gasteiger partial charge on any atom is -0.467 e. The maximum atomic E-state index is 13.0. The molecule has 3 heterocycles. The van der Waals surface area contributed by atoms with Crippen LogP contribution in [0.2, 0.25) is 4.34 Å². The minimum atomic E-state index is -0.697. The van der Waals surface area contributed by atoms with Gasteiger partial charge in [0, 0.05) is 29.9 Å². The largest absolute Gasteiger partial charge is 0.467 e. The van der Waals surface area contributed by atoms with Crippen LogP contribution in [-0.2, 0) is 20.9 Å². The summed E-state index contributed by atoms with van der Waals surface area (Å²) in [5.74, 6) is -0.178. The van der Waals surface area contributed by atoms with E-state index in [9.17, 15) is 9.59 Å². The number of hydrogen-bond acceptors (Lipinski definition) is 8. The molecule has 1 amide bonds. The zero-order valence-electron chi connectivity index (χ0n) is 17.4. The second-order valence-corrected chi connectivity index (χ2v) is 9.16. The molecule has 8 nitrogen and oxygen atoms in total. The molecule has 10 heteroatoms. The number of aromatic nitrogens is 2. The number of carbonyl (C=O) groups excluding carboxylic acids is 2. The van der Waals surface area contributed by atoms with Crippen LogP contribution >= 0.6 is 22.9 Å². The summed E-state index contributed by atoms with van der Waals surface area (Å²) in [6.07, 6.45) is 5.33. The molecule has 2 N–H and O–H groups in total. The molecule has 1 aromatic carbocycles. The van der Waals surface area contributed by atoms with E-state index in [1.54, 1.807) is 4.90 Å². The van der Waals surface area contributed by atoms with Gasteiger partial charge in [-0.05, 0) is 35.9 Å². The van der Waals surface area contributed by atoms with Gasteiger partial charge in [-0.15, -0.1) is 11.3 Å². The SMILES string of the molecule is COC(=O)C1CN(C/C=C/c2ccc(Cl)s2)CC(=O)N1Cc1ccc2c(N)ncnc2c1. The molecule has 4 rings (SSSR count). The Bertz CT molecular complexity index is 1180. The predicted molar refractivity (Wildman–Crippen MR) is 125 cm³/mol. The molecule has 1 aliphatic heterocycles. The lowest BCUT2D eigenvalue weighted by atomic mass is 10.1. The van der Waals surface area contributed by atoms with E-state index < -0.39 is 12.0 Å². The Labute approximate surface area is 194 Å². The summed E-state index contributed by atoms with van der Waals surface area (Å²) in [7, 11) is 1.33. The third kappa shape index (κ3) is 4.90. The van der Waals surface area contributed by atoms with Crippen molar-refractivity contribution in [2.75, 3.05) is 32.5 Å². The van der Waals surface area contributed by atoms with Gasteiger partial charge in [0.2, 0.25) is 5.91 Å². The van der Waals surface area contributed by atoms with Gasteiger partial charge < -0.3 is 15.4 Å². The van der Waals surface area contributed by atoms with Gasteiger partial charge in [-0.1, -0.05) is 23.7 Å². The first-order valence-electron chi connectivity index (χ1n) is 9.95. The first-order chi connectivity index (χ1) is 15.4. The molecule has 1 aliphatic rings. The van der Waals surface area contributed by atoms with Gasteiger partial charge in [-0.2, -0.15) is 0 Å². The van der Waals surface area contributed by atoms with Crippen LogP contribution in [0.1, 0.15) is 10.4 Å². The van der Waals surface area contributed by atoms with E-state index in [4.69, 9.17) is 22.1 Å². The van der Waals surface area contributed by atoms with Crippen LogP contribution in [0.25, 0.3) is 17.0 Å². The Morgan fingerprint density at radius 1 is 1.34 bits per heavy atom. The summed E-state index contributed by atoms with van der Waals surface area (Å²) < 4.78 is 5.71. The molecule has 0 spiro atoms. The molecule has 0 radical (unpaired) electrons. The fraction of sp³-hybridized carbons (Fsp3) is 0.273. The number of benzene rings is 1. The van der Waals surface area contributed by atoms with Gasteiger partial charge in [-0.25, -0.2) is 14.8 Å². The Kier molecular flexibility index (Phi) is 6.69. The van der Waals surface area contributed by atoms with Crippen molar-refractivity contribution < 1.29 is 14.3 Å². The highest BCUT2D eigenvalue weighted by molar-refractivity contribution is 7.16. The van der Waals surface area contributed by atoms with Crippen LogP contribution < -0.4 is 5.73 Å². The fourth-order valence-electron chi connectivity index (χ4n) is 3.69. The molecule has 32 heavy (non-hydrogen) atoms. The average molecular weight is 472 g/mol. The number of hydrogen-bond donors (Lipinski definition) is 1. The summed E-state index contributed by atoms with van der Waals surface area (Å²) in [5.41, 5.74) is 7.43. The van der Waals surface area contributed by atoms with E-state index >= 15 is 0 Å². The summed E-state index contributed by atoms with van der Waals surface area (Å²) in [5, 5.41) is 0.746. The summed E-state index contributed by atoms with van der Waals surface area (Å²) in [4.78, 5) is 38.3. The molecule has 166 valence electrons. The standard InChI is InChI=1S/C22H22ClN5O3S/c1-31-22(30)18-11-27(8-2-3-15-5-7-19(23)32-15)12-20(29)28(18)10-14-4-6-16-17(9-14)25-13-26-21(16)24/h2-7,9,13,18H,8,10-12H2,1H3,(H2,24,25,26)/b3-2+. The molecule has 0 bridgehead atoms. The van der Waals surface area contributed by atoms with Gasteiger partial charge in [0.05, 0.1) is 23.5 Å². The first-order valence-corrected chi connectivity index (χ1v) is 11.1. The summed E-state index contributed by atoms with van der Waals surface area (Å²) in [6.45, 7) is 1.41. The maximum Gasteiger partial charge on any atom is 0.329 e. The molecule has 3 aromatic rings. The Morgan fingerprint density at radius 3 is 2.94 bits per heavy atom. The van der Waals surface area contributed by atoms with Crippen molar-refractivity contribution in [3.63, 3.8) is 0 Å². The number of halogens is 1. The van der Waals surface area contributed by atoms with Crippen molar-refractivity contribution in [2.45, 2.75) is 12.6 Å². The molecule has 0 aliphatic carbocycles. The number of piperazine rings is 1. The molecule has 0 saturated carbocycles. The Hall–Kier alpha value is -3.01. The number of ether oxygens (including phenoxy) is 1. The van der Waals surface area contributed by atoms with Gasteiger partial charge in [0.25, 0.3) is 0 Å². The number of esters is 1. The lowest BCUT2D eigenvalue weighted by Gasteiger charge is -2.39. The Morgan fingerprint density at radius 2 is 2.19 bits per heavy atom. The van der Waals surface area contributed by atoms with Gasteiger partial charge in [0.15, 0.2) is 0 Å². The van der Waals surface area contributed by atoms with Gasteiger partial charge in [-0.3, -0.25) is 9.69 Å². The summed E-state index contributed by atoms with van der Waals surface area (Å²) >= 11 is 7.44. The number of rotatable bonds is 6. The molecule has 2 aromatic heterocycles. The predicted octanol–water partition coefficient (Wildman–Crippen LogP) is 2.83. The quantitative estimate of drug-likeness (QED) is 0.551. The second-order valence-electron chi connectivity index (χ2n) is 7.41. The van der Waals surface area contributed by atoms with Gasteiger partial charge in [0.1, 0.15) is 18.2 Å². The van der Waals surface area contributed by atoms with Crippen molar-refractivity contribution in [2.24, 2.45) is 0 Å². The van der Waals surface area contributed by atoms with Crippen molar-refractivity contribution in [3.8, 4) is 0 Å². The molecular weight excluding hydrogens is 450 g/mol. The van der Waals surface area contributed by atoms with Crippen molar-refractivity contribution in [1.82, 2.24) is 19.8 Å². The van der Waals surface area contributed by atoms with Crippen LogP contribution in [-0.4, -0.2) is 64.4 Å². The monoisotopic (exact) mass is 471 g/mol. The second kappa shape index (κ2) is 9.64. The van der Waals surface area contributed by atoms with E-state index in [0.29, 0.717) is 24.4 Å². The highest BCUT2D eigenvalue weighted by atomic mass is 35.5. The number of nitrogens with zero attached hydrogens (tertiary/aromatic N) is 4. The number of methoxy groups -OCH3 is 1. The number of nitrogen functional groups attached to an aromatic ring is 1. The third-order valence-corrected chi connectivity index (χ3v) is 6.48. The summed E-state index contributed by atoms with van der Waals surface area (Å²) in [6, 6.07) is 8.63. The zero-order valence-corrected chi connectivity index (χ0v) is 19.0. The van der Waals surface area contributed by atoms with E-state index in [-0.39, 0.29) is 19.0 Å². The smallest absolute Gasteiger partial charge is 0.329 e. The average Bonchev–Trinajstić information content (AvgIpc) is 3.20. The number of anilines is 1. The molecule has 1 atom stereocenters. The number of amides is 1.